The number of hydrogen-bond acceptors (Lipinski definition) is 5. The number of benzene rings is 1. The SMILES string of the molecule is COCC1CN(c2ccnc(Cc3ccccc3)n2)CCO1. The van der Waals surface area contributed by atoms with Crippen LogP contribution in [0.1, 0.15) is 11.4 Å². The fourth-order valence-electron chi connectivity index (χ4n) is 2.64. The summed E-state index contributed by atoms with van der Waals surface area (Å²) in [6.07, 6.45) is 2.69. The highest BCUT2D eigenvalue weighted by molar-refractivity contribution is 5.38. The van der Waals surface area contributed by atoms with Crippen molar-refractivity contribution in [2.45, 2.75) is 12.5 Å². The first-order valence-electron chi connectivity index (χ1n) is 7.56. The first-order valence-corrected chi connectivity index (χ1v) is 7.56. The van der Waals surface area contributed by atoms with Gasteiger partial charge in [0.15, 0.2) is 0 Å². The Balaban J connectivity index is 1.70. The van der Waals surface area contributed by atoms with Crippen LogP contribution in [0.25, 0.3) is 0 Å². The van der Waals surface area contributed by atoms with E-state index in [0.717, 1.165) is 31.2 Å². The normalized spacial score (nSPS) is 18.4. The Bertz CT molecular complexity index is 589. The molecule has 1 unspecified atom stereocenters. The molecule has 1 fully saturated rings. The number of anilines is 1. The number of hydrogen-bond donors (Lipinski definition) is 0. The summed E-state index contributed by atoms with van der Waals surface area (Å²) in [5, 5.41) is 0. The summed E-state index contributed by atoms with van der Waals surface area (Å²) in [5.41, 5.74) is 1.22. The molecule has 1 aliphatic rings. The van der Waals surface area contributed by atoms with Gasteiger partial charge in [0.05, 0.1) is 19.3 Å². The van der Waals surface area contributed by atoms with E-state index >= 15 is 0 Å². The lowest BCUT2D eigenvalue weighted by molar-refractivity contribution is -0.0102. The van der Waals surface area contributed by atoms with Gasteiger partial charge in [0.25, 0.3) is 0 Å². The monoisotopic (exact) mass is 299 g/mol. The first kappa shape index (κ1) is 14.9. The lowest BCUT2D eigenvalue weighted by Crippen LogP contribution is -2.44. The molecule has 0 N–H and O–H groups in total. The van der Waals surface area contributed by atoms with Crippen molar-refractivity contribution >= 4 is 5.82 Å². The second-order valence-electron chi connectivity index (χ2n) is 5.39. The third kappa shape index (κ3) is 3.81. The van der Waals surface area contributed by atoms with E-state index in [1.165, 1.54) is 5.56 Å². The van der Waals surface area contributed by atoms with Gasteiger partial charge in [0.1, 0.15) is 11.6 Å². The van der Waals surface area contributed by atoms with Crippen LogP contribution < -0.4 is 4.90 Å². The van der Waals surface area contributed by atoms with Crippen molar-refractivity contribution in [2.75, 3.05) is 38.3 Å². The quantitative estimate of drug-likeness (QED) is 0.844. The van der Waals surface area contributed by atoms with Crippen LogP contribution in [0.4, 0.5) is 5.82 Å². The van der Waals surface area contributed by atoms with Crippen LogP contribution in [0.15, 0.2) is 42.6 Å². The molecule has 0 amide bonds. The molecule has 1 atom stereocenters. The van der Waals surface area contributed by atoms with Gasteiger partial charge in [-0.05, 0) is 11.6 Å². The number of ether oxygens (including phenoxy) is 2. The molecule has 0 saturated carbocycles. The average molecular weight is 299 g/mol. The van der Waals surface area contributed by atoms with E-state index in [0.29, 0.717) is 13.2 Å². The highest BCUT2D eigenvalue weighted by atomic mass is 16.5. The van der Waals surface area contributed by atoms with E-state index < -0.39 is 0 Å². The van der Waals surface area contributed by atoms with E-state index in [1.807, 2.05) is 30.5 Å². The smallest absolute Gasteiger partial charge is 0.135 e. The summed E-state index contributed by atoms with van der Waals surface area (Å²) >= 11 is 0. The molecule has 2 heterocycles. The molecule has 0 bridgehead atoms. The van der Waals surface area contributed by atoms with Gasteiger partial charge in [-0.15, -0.1) is 0 Å². The van der Waals surface area contributed by atoms with Crippen molar-refractivity contribution in [3.8, 4) is 0 Å². The standard InChI is InChI=1S/C17H21N3O2/c1-21-13-15-12-20(9-10-22-15)17-7-8-18-16(19-17)11-14-5-3-2-4-6-14/h2-8,15H,9-13H2,1H3. The molecule has 2 aromatic rings. The zero-order valence-electron chi connectivity index (χ0n) is 12.8. The third-order valence-electron chi connectivity index (χ3n) is 3.71. The molecule has 1 aromatic carbocycles. The lowest BCUT2D eigenvalue weighted by atomic mass is 10.1. The number of aromatic nitrogens is 2. The van der Waals surface area contributed by atoms with Crippen molar-refractivity contribution < 1.29 is 9.47 Å². The number of rotatable bonds is 5. The van der Waals surface area contributed by atoms with Crippen LogP contribution >= 0.6 is 0 Å². The second kappa shape index (κ2) is 7.33. The van der Waals surface area contributed by atoms with Crippen molar-refractivity contribution in [2.24, 2.45) is 0 Å². The summed E-state index contributed by atoms with van der Waals surface area (Å²) in [4.78, 5) is 11.3. The fourth-order valence-corrected chi connectivity index (χ4v) is 2.64. The van der Waals surface area contributed by atoms with Crippen LogP contribution in [0, 0.1) is 0 Å². The maximum atomic E-state index is 5.69. The maximum Gasteiger partial charge on any atom is 0.135 e. The van der Waals surface area contributed by atoms with Gasteiger partial charge in [0.2, 0.25) is 0 Å². The van der Waals surface area contributed by atoms with Gasteiger partial charge in [-0.3, -0.25) is 0 Å². The van der Waals surface area contributed by atoms with Crippen LogP contribution in [0.3, 0.4) is 0 Å². The van der Waals surface area contributed by atoms with E-state index in [9.17, 15) is 0 Å². The molecule has 1 aliphatic heterocycles. The molecule has 5 nitrogen and oxygen atoms in total. The van der Waals surface area contributed by atoms with Crippen molar-refractivity contribution in [3.63, 3.8) is 0 Å². The van der Waals surface area contributed by atoms with Crippen LogP contribution in [-0.4, -0.2) is 49.5 Å². The van der Waals surface area contributed by atoms with Gasteiger partial charge in [-0.2, -0.15) is 0 Å². The number of nitrogens with zero attached hydrogens (tertiary/aromatic N) is 3. The highest BCUT2D eigenvalue weighted by Crippen LogP contribution is 2.16. The summed E-state index contributed by atoms with van der Waals surface area (Å²) in [6.45, 7) is 2.96. The molecule has 0 spiro atoms. The van der Waals surface area contributed by atoms with Crippen LogP contribution in [-0.2, 0) is 15.9 Å². The topological polar surface area (TPSA) is 47.5 Å². The molecule has 0 radical (unpaired) electrons. The van der Waals surface area contributed by atoms with Crippen LogP contribution in [0.5, 0.6) is 0 Å². The number of methoxy groups -OCH3 is 1. The molecule has 22 heavy (non-hydrogen) atoms. The summed E-state index contributed by atoms with van der Waals surface area (Å²) in [7, 11) is 1.70. The van der Waals surface area contributed by atoms with E-state index in [-0.39, 0.29) is 6.10 Å². The van der Waals surface area contributed by atoms with Gasteiger partial charge in [-0.1, -0.05) is 30.3 Å². The summed E-state index contributed by atoms with van der Waals surface area (Å²) < 4.78 is 10.9. The van der Waals surface area contributed by atoms with E-state index in [1.54, 1.807) is 7.11 Å². The second-order valence-corrected chi connectivity index (χ2v) is 5.39. The highest BCUT2D eigenvalue weighted by Gasteiger charge is 2.21. The lowest BCUT2D eigenvalue weighted by Gasteiger charge is -2.33. The van der Waals surface area contributed by atoms with E-state index in [2.05, 4.69) is 22.0 Å². The Morgan fingerprint density at radius 2 is 2.14 bits per heavy atom. The molecular weight excluding hydrogens is 278 g/mol. The largest absolute Gasteiger partial charge is 0.382 e. The Morgan fingerprint density at radius 1 is 1.27 bits per heavy atom. The van der Waals surface area contributed by atoms with Crippen molar-refractivity contribution in [3.05, 3.63) is 54.0 Å². The zero-order chi connectivity index (χ0) is 15.2. The van der Waals surface area contributed by atoms with Crippen molar-refractivity contribution in [1.82, 2.24) is 9.97 Å². The summed E-state index contributed by atoms with van der Waals surface area (Å²) in [5.74, 6) is 1.81. The van der Waals surface area contributed by atoms with Gasteiger partial charge in [0, 0.05) is 32.8 Å². The van der Waals surface area contributed by atoms with Crippen LogP contribution in [0.2, 0.25) is 0 Å². The predicted octanol–water partition coefficient (Wildman–Crippen LogP) is 1.92. The van der Waals surface area contributed by atoms with Gasteiger partial charge < -0.3 is 14.4 Å². The Morgan fingerprint density at radius 3 is 2.95 bits per heavy atom. The number of morpholine rings is 1. The minimum Gasteiger partial charge on any atom is -0.382 e. The Labute approximate surface area is 130 Å². The van der Waals surface area contributed by atoms with Crippen molar-refractivity contribution in [1.29, 1.82) is 0 Å². The first-order chi connectivity index (χ1) is 10.8. The molecule has 1 aromatic heterocycles. The predicted molar refractivity (Wildman–Crippen MR) is 85.1 cm³/mol. The van der Waals surface area contributed by atoms with E-state index in [4.69, 9.17) is 14.5 Å². The fraction of sp³-hybridized carbons (Fsp3) is 0.412. The molecule has 116 valence electrons. The molecular formula is C17H21N3O2. The molecule has 5 heteroatoms. The minimum absolute atomic E-state index is 0.103. The minimum atomic E-state index is 0.103. The Hall–Kier alpha value is -1.98. The third-order valence-corrected chi connectivity index (χ3v) is 3.71. The average Bonchev–Trinajstić information content (AvgIpc) is 2.57. The molecule has 0 aliphatic carbocycles. The van der Waals surface area contributed by atoms with Gasteiger partial charge >= 0.3 is 0 Å². The Kier molecular flexibility index (Phi) is 4.98. The summed E-state index contributed by atoms with van der Waals surface area (Å²) in [6, 6.07) is 12.2. The molecule has 1 saturated heterocycles. The maximum absolute atomic E-state index is 5.69. The van der Waals surface area contributed by atoms with Gasteiger partial charge in [-0.25, -0.2) is 9.97 Å². The molecule has 3 rings (SSSR count). The zero-order valence-corrected chi connectivity index (χ0v) is 12.8.